The van der Waals surface area contributed by atoms with Crippen LogP contribution < -0.4 is 5.32 Å². The summed E-state index contributed by atoms with van der Waals surface area (Å²) in [4.78, 5) is 11.7. The van der Waals surface area contributed by atoms with Gasteiger partial charge in [-0.1, -0.05) is 12.1 Å². The van der Waals surface area contributed by atoms with Crippen LogP contribution in [0.5, 0.6) is 0 Å². The first kappa shape index (κ1) is 10.4. The summed E-state index contributed by atoms with van der Waals surface area (Å²) in [6.45, 7) is 0. The second kappa shape index (κ2) is 4.18. The van der Waals surface area contributed by atoms with E-state index in [1.54, 1.807) is 42.1 Å². The molecule has 2 rings (SSSR count). The van der Waals surface area contributed by atoms with Crippen LogP contribution >= 0.6 is 0 Å². The van der Waals surface area contributed by atoms with E-state index in [1.807, 2.05) is 0 Å². The quantitative estimate of drug-likeness (QED) is 0.825. The van der Waals surface area contributed by atoms with Crippen molar-refractivity contribution in [2.45, 2.75) is 0 Å². The number of aromatic nitrogens is 1. The van der Waals surface area contributed by atoms with Crippen molar-refractivity contribution < 1.29 is 9.18 Å². The molecule has 1 amide bonds. The molecule has 3 nitrogen and oxygen atoms in total. The maximum absolute atomic E-state index is 13.3. The summed E-state index contributed by atoms with van der Waals surface area (Å²) in [5.41, 5.74) is 0.678. The van der Waals surface area contributed by atoms with Gasteiger partial charge in [0.05, 0.1) is 5.69 Å². The Labute approximate surface area is 92.5 Å². The van der Waals surface area contributed by atoms with Crippen LogP contribution in [0.1, 0.15) is 10.5 Å². The van der Waals surface area contributed by atoms with Crippen molar-refractivity contribution in [3.63, 3.8) is 0 Å². The minimum Gasteiger partial charge on any atom is -0.347 e. The predicted molar refractivity (Wildman–Crippen MR) is 59.8 cm³/mol. The topological polar surface area (TPSA) is 34.0 Å². The number of para-hydroxylation sites is 1. The molecule has 0 fully saturated rings. The monoisotopic (exact) mass is 218 g/mol. The summed E-state index contributed by atoms with van der Waals surface area (Å²) >= 11 is 0. The van der Waals surface area contributed by atoms with Gasteiger partial charge < -0.3 is 9.88 Å². The normalized spacial score (nSPS) is 10.1. The number of carbonyl (C=O) groups excluding carboxylic acids is 1. The number of halogens is 1. The van der Waals surface area contributed by atoms with Gasteiger partial charge in [0, 0.05) is 13.2 Å². The van der Waals surface area contributed by atoms with Crippen LogP contribution in [0.15, 0.2) is 42.6 Å². The summed E-state index contributed by atoms with van der Waals surface area (Å²) in [6, 6.07) is 9.51. The highest BCUT2D eigenvalue weighted by Gasteiger charge is 2.10. The second-order valence-electron chi connectivity index (χ2n) is 3.44. The molecule has 0 unspecified atom stereocenters. The van der Waals surface area contributed by atoms with Crippen LogP contribution in [-0.2, 0) is 7.05 Å². The molecule has 1 N–H and O–H groups in total. The van der Waals surface area contributed by atoms with Crippen molar-refractivity contribution in [1.29, 1.82) is 0 Å². The van der Waals surface area contributed by atoms with E-state index in [2.05, 4.69) is 5.32 Å². The van der Waals surface area contributed by atoms with Crippen LogP contribution in [0, 0.1) is 5.82 Å². The third-order valence-electron chi connectivity index (χ3n) is 2.30. The molecule has 0 spiro atoms. The Morgan fingerprint density at radius 3 is 2.62 bits per heavy atom. The van der Waals surface area contributed by atoms with E-state index in [4.69, 9.17) is 0 Å². The lowest BCUT2D eigenvalue weighted by molar-refractivity contribution is 0.101. The third kappa shape index (κ3) is 1.95. The van der Waals surface area contributed by atoms with Crippen molar-refractivity contribution in [2.24, 2.45) is 7.05 Å². The van der Waals surface area contributed by atoms with Gasteiger partial charge in [0.1, 0.15) is 11.5 Å². The van der Waals surface area contributed by atoms with Crippen LogP contribution in [0.3, 0.4) is 0 Å². The number of anilines is 1. The van der Waals surface area contributed by atoms with Crippen LogP contribution in [0.25, 0.3) is 0 Å². The number of carbonyl (C=O) groups is 1. The van der Waals surface area contributed by atoms with Gasteiger partial charge >= 0.3 is 0 Å². The Balaban J connectivity index is 2.21. The minimum absolute atomic E-state index is 0.189. The molecular weight excluding hydrogens is 207 g/mol. The SMILES string of the molecule is Cn1cccc1C(=O)Nc1ccccc1F. The number of benzene rings is 1. The Hall–Kier alpha value is -2.10. The first-order valence-electron chi connectivity index (χ1n) is 4.85. The predicted octanol–water partition coefficient (Wildman–Crippen LogP) is 2.42. The number of rotatable bonds is 2. The average molecular weight is 218 g/mol. The van der Waals surface area contributed by atoms with E-state index in [0.717, 1.165) is 0 Å². The summed E-state index contributed by atoms with van der Waals surface area (Å²) in [6.07, 6.45) is 1.76. The van der Waals surface area contributed by atoms with Crippen molar-refractivity contribution >= 4 is 11.6 Å². The Bertz CT molecular complexity index is 519. The highest BCUT2D eigenvalue weighted by atomic mass is 19.1. The van der Waals surface area contributed by atoms with Crippen molar-refractivity contribution in [1.82, 2.24) is 4.57 Å². The van der Waals surface area contributed by atoms with Gasteiger partial charge in [-0.15, -0.1) is 0 Å². The molecule has 0 aliphatic rings. The first-order chi connectivity index (χ1) is 7.68. The molecule has 2 aromatic rings. The first-order valence-corrected chi connectivity index (χ1v) is 4.85. The Morgan fingerprint density at radius 1 is 1.25 bits per heavy atom. The fourth-order valence-corrected chi connectivity index (χ4v) is 1.45. The van der Waals surface area contributed by atoms with Crippen molar-refractivity contribution in [3.05, 3.63) is 54.1 Å². The molecule has 0 saturated heterocycles. The number of hydrogen-bond donors (Lipinski definition) is 1. The maximum atomic E-state index is 13.3. The minimum atomic E-state index is -0.440. The third-order valence-corrected chi connectivity index (χ3v) is 2.30. The van der Waals surface area contributed by atoms with Gasteiger partial charge in [0.2, 0.25) is 0 Å². The number of nitrogens with zero attached hydrogens (tertiary/aromatic N) is 1. The maximum Gasteiger partial charge on any atom is 0.272 e. The molecule has 0 radical (unpaired) electrons. The molecule has 0 aliphatic carbocycles. The Kier molecular flexibility index (Phi) is 2.72. The molecule has 82 valence electrons. The zero-order valence-electron chi connectivity index (χ0n) is 8.77. The molecule has 0 atom stereocenters. The molecule has 1 heterocycles. The fourth-order valence-electron chi connectivity index (χ4n) is 1.45. The molecule has 1 aromatic heterocycles. The van der Waals surface area contributed by atoms with Gasteiger partial charge in [-0.05, 0) is 24.3 Å². The van der Waals surface area contributed by atoms with Gasteiger partial charge in [-0.3, -0.25) is 4.79 Å². The lowest BCUT2D eigenvalue weighted by Gasteiger charge is -2.06. The molecule has 0 bridgehead atoms. The second-order valence-corrected chi connectivity index (χ2v) is 3.44. The standard InChI is InChI=1S/C12H11FN2O/c1-15-8-4-7-11(15)12(16)14-10-6-3-2-5-9(10)13/h2-8H,1H3,(H,14,16). The summed E-state index contributed by atoms with van der Waals surface area (Å²) < 4.78 is 14.9. The number of hydrogen-bond acceptors (Lipinski definition) is 1. The average Bonchev–Trinajstić information content (AvgIpc) is 2.68. The number of nitrogens with one attached hydrogen (secondary N) is 1. The lowest BCUT2D eigenvalue weighted by atomic mass is 10.3. The molecule has 4 heteroatoms. The molecule has 0 aliphatic heterocycles. The van der Waals surface area contributed by atoms with Crippen molar-refractivity contribution in [3.8, 4) is 0 Å². The highest BCUT2D eigenvalue weighted by Crippen LogP contribution is 2.13. The molecule has 1 aromatic carbocycles. The molecule has 16 heavy (non-hydrogen) atoms. The van der Waals surface area contributed by atoms with E-state index in [0.29, 0.717) is 5.69 Å². The van der Waals surface area contributed by atoms with E-state index < -0.39 is 5.82 Å². The number of amides is 1. The molecular formula is C12H11FN2O. The summed E-state index contributed by atoms with van der Waals surface area (Å²) in [5, 5.41) is 2.52. The van der Waals surface area contributed by atoms with E-state index >= 15 is 0 Å². The van der Waals surface area contributed by atoms with Crippen LogP contribution in [0.4, 0.5) is 10.1 Å². The van der Waals surface area contributed by atoms with E-state index in [-0.39, 0.29) is 11.6 Å². The summed E-state index contributed by atoms with van der Waals surface area (Å²) in [5.74, 6) is -0.761. The van der Waals surface area contributed by atoms with Gasteiger partial charge in [-0.2, -0.15) is 0 Å². The smallest absolute Gasteiger partial charge is 0.272 e. The zero-order valence-corrected chi connectivity index (χ0v) is 8.77. The van der Waals surface area contributed by atoms with Crippen LogP contribution in [-0.4, -0.2) is 10.5 Å². The zero-order chi connectivity index (χ0) is 11.5. The van der Waals surface area contributed by atoms with Gasteiger partial charge in [0.15, 0.2) is 0 Å². The summed E-state index contributed by atoms with van der Waals surface area (Å²) in [7, 11) is 1.76. The molecule has 0 saturated carbocycles. The highest BCUT2D eigenvalue weighted by molar-refractivity contribution is 6.03. The van der Waals surface area contributed by atoms with Crippen molar-refractivity contribution in [2.75, 3.05) is 5.32 Å². The van der Waals surface area contributed by atoms with Crippen LogP contribution in [0.2, 0.25) is 0 Å². The fraction of sp³-hybridized carbons (Fsp3) is 0.0833. The lowest BCUT2D eigenvalue weighted by Crippen LogP contribution is -2.16. The van der Waals surface area contributed by atoms with E-state index in [1.165, 1.54) is 12.1 Å². The largest absolute Gasteiger partial charge is 0.347 e. The van der Waals surface area contributed by atoms with E-state index in [9.17, 15) is 9.18 Å². The van der Waals surface area contributed by atoms with Gasteiger partial charge in [0.25, 0.3) is 5.91 Å². The Morgan fingerprint density at radius 2 is 2.00 bits per heavy atom. The number of aryl methyl sites for hydroxylation is 1. The van der Waals surface area contributed by atoms with Gasteiger partial charge in [-0.25, -0.2) is 4.39 Å².